The first-order chi connectivity index (χ1) is 11.7. The Morgan fingerprint density at radius 2 is 2.04 bits per heavy atom. The van der Waals surface area contributed by atoms with E-state index in [1.165, 1.54) is 0 Å². The minimum atomic E-state index is -0.266. The molecular weight excluding hydrogens is 306 g/mol. The normalized spacial score (nSPS) is 20.8. The van der Waals surface area contributed by atoms with Gasteiger partial charge in [0.1, 0.15) is 17.7 Å². The van der Waals surface area contributed by atoms with Gasteiger partial charge in [-0.05, 0) is 25.0 Å². The molecule has 24 heavy (non-hydrogen) atoms. The van der Waals surface area contributed by atoms with Crippen molar-refractivity contribution in [3.8, 4) is 0 Å². The van der Waals surface area contributed by atoms with Gasteiger partial charge in [0, 0.05) is 24.9 Å². The summed E-state index contributed by atoms with van der Waals surface area (Å²) >= 11 is 0. The lowest BCUT2D eigenvalue weighted by molar-refractivity contribution is -0.0246. The van der Waals surface area contributed by atoms with Crippen LogP contribution in [0.2, 0.25) is 0 Å². The maximum Gasteiger partial charge on any atom is 0.257 e. The fourth-order valence-electron chi connectivity index (χ4n) is 2.84. The van der Waals surface area contributed by atoms with Gasteiger partial charge in [-0.2, -0.15) is 0 Å². The molecular formula is C17H19N5O2. The summed E-state index contributed by atoms with van der Waals surface area (Å²) in [4.78, 5) is 27.4. The Labute approximate surface area is 139 Å². The second kappa shape index (κ2) is 6.16. The number of nitrogens with zero attached hydrogens (tertiary/aromatic N) is 4. The summed E-state index contributed by atoms with van der Waals surface area (Å²) in [6, 6.07) is 5.43. The van der Waals surface area contributed by atoms with E-state index in [9.17, 15) is 4.79 Å². The number of carbonyl (C=O) groups is 1. The number of amides is 1. The van der Waals surface area contributed by atoms with E-state index in [0.717, 1.165) is 24.4 Å². The topological polar surface area (TPSA) is 94.2 Å². The van der Waals surface area contributed by atoms with Gasteiger partial charge in [0.2, 0.25) is 0 Å². The molecule has 1 aliphatic carbocycles. The van der Waals surface area contributed by atoms with Crippen molar-refractivity contribution in [2.45, 2.75) is 24.9 Å². The number of aromatic nitrogens is 3. The van der Waals surface area contributed by atoms with E-state index >= 15 is 0 Å². The molecule has 7 heteroatoms. The summed E-state index contributed by atoms with van der Waals surface area (Å²) in [5, 5.41) is 0. The van der Waals surface area contributed by atoms with Crippen LogP contribution in [0.3, 0.4) is 0 Å². The number of morpholine rings is 1. The van der Waals surface area contributed by atoms with E-state index in [4.69, 9.17) is 10.5 Å². The molecule has 124 valence electrons. The summed E-state index contributed by atoms with van der Waals surface area (Å²) in [7, 11) is 0. The first-order valence-electron chi connectivity index (χ1n) is 8.16. The molecule has 0 radical (unpaired) electrons. The predicted octanol–water partition coefficient (Wildman–Crippen LogP) is 1.54. The predicted molar refractivity (Wildman–Crippen MR) is 87.3 cm³/mol. The van der Waals surface area contributed by atoms with Gasteiger partial charge in [0.05, 0.1) is 24.4 Å². The van der Waals surface area contributed by atoms with E-state index in [1.807, 2.05) is 12.1 Å². The van der Waals surface area contributed by atoms with Gasteiger partial charge in [-0.15, -0.1) is 0 Å². The minimum absolute atomic E-state index is 0.0745. The van der Waals surface area contributed by atoms with Gasteiger partial charge in [-0.25, -0.2) is 15.0 Å². The Morgan fingerprint density at radius 3 is 2.75 bits per heavy atom. The number of nitrogens with two attached hydrogens (primary N) is 1. The molecule has 1 saturated carbocycles. The van der Waals surface area contributed by atoms with Crippen LogP contribution in [-0.2, 0) is 4.74 Å². The molecule has 0 bridgehead atoms. The highest BCUT2D eigenvalue weighted by Crippen LogP contribution is 2.37. The third-order valence-corrected chi connectivity index (χ3v) is 4.34. The Kier molecular flexibility index (Phi) is 3.86. The lowest BCUT2D eigenvalue weighted by Gasteiger charge is -2.32. The number of ether oxygens (including phenoxy) is 1. The van der Waals surface area contributed by atoms with Crippen LogP contribution in [-0.4, -0.2) is 45.5 Å². The van der Waals surface area contributed by atoms with Crippen molar-refractivity contribution in [1.82, 2.24) is 19.9 Å². The lowest BCUT2D eigenvalue weighted by Crippen LogP contribution is -2.42. The molecule has 1 atom stereocenters. The molecule has 4 rings (SSSR count). The van der Waals surface area contributed by atoms with Gasteiger partial charge >= 0.3 is 0 Å². The van der Waals surface area contributed by atoms with Crippen molar-refractivity contribution in [1.29, 1.82) is 0 Å². The standard InChI is InChI=1S/C17H19N5O2/c18-15-3-1-2-13(21-15)14-10-22(6-7-24-14)17(23)12-8-19-16(20-9-12)11-4-5-11/h1-3,8-9,11,14H,4-7,10H2,(H2,18,21)/t14-/m0/s1. The van der Waals surface area contributed by atoms with Crippen LogP contribution in [0.1, 0.15) is 46.7 Å². The lowest BCUT2D eigenvalue weighted by atomic mass is 10.1. The molecule has 2 fully saturated rings. The van der Waals surface area contributed by atoms with E-state index in [1.54, 1.807) is 23.4 Å². The average molecular weight is 325 g/mol. The second-order valence-corrected chi connectivity index (χ2v) is 6.20. The fourth-order valence-corrected chi connectivity index (χ4v) is 2.84. The Hall–Kier alpha value is -2.54. The van der Waals surface area contributed by atoms with Crippen molar-refractivity contribution in [3.63, 3.8) is 0 Å². The van der Waals surface area contributed by atoms with Gasteiger partial charge in [-0.3, -0.25) is 4.79 Å². The van der Waals surface area contributed by atoms with E-state index in [2.05, 4.69) is 15.0 Å². The summed E-state index contributed by atoms with van der Waals surface area (Å²) in [6.07, 6.45) is 5.29. The molecule has 1 aliphatic heterocycles. The fraction of sp³-hybridized carbons (Fsp3) is 0.412. The van der Waals surface area contributed by atoms with Gasteiger partial charge in [0.25, 0.3) is 5.91 Å². The van der Waals surface area contributed by atoms with Crippen LogP contribution >= 0.6 is 0 Å². The Morgan fingerprint density at radius 1 is 1.25 bits per heavy atom. The minimum Gasteiger partial charge on any atom is -0.384 e. The monoisotopic (exact) mass is 325 g/mol. The molecule has 1 amide bonds. The highest BCUT2D eigenvalue weighted by atomic mass is 16.5. The molecule has 2 N–H and O–H groups in total. The van der Waals surface area contributed by atoms with Gasteiger partial charge < -0.3 is 15.4 Å². The third-order valence-electron chi connectivity index (χ3n) is 4.34. The zero-order valence-electron chi connectivity index (χ0n) is 13.3. The molecule has 7 nitrogen and oxygen atoms in total. The number of hydrogen-bond acceptors (Lipinski definition) is 6. The highest BCUT2D eigenvalue weighted by molar-refractivity contribution is 5.93. The zero-order chi connectivity index (χ0) is 16.5. The van der Waals surface area contributed by atoms with E-state index in [-0.39, 0.29) is 12.0 Å². The maximum atomic E-state index is 12.7. The smallest absolute Gasteiger partial charge is 0.257 e. The van der Waals surface area contributed by atoms with Crippen molar-refractivity contribution in [2.75, 3.05) is 25.4 Å². The highest BCUT2D eigenvalue weighted by Gasteiger charge is 2.29. The summed E-state index contributed by atoms with van der Waals surface area (Å²) in [6.45, 7) is 1.45. The van der Waals surface area contributed by atoms with Crippen LogP contribution in [0.4, 0.5) is 5.82 Å². The number of pyridine rings is 1. The molecule has 2 aliphatic rings. The maximum absolute atomic E-state index is 12.7. The van der Waals surface area contributed by atoms with Gasteiger partial charge in [0.15, 0.2) is 0 Å². The quantitative estimate of drug-likeness (QED) is 0.920. The average Bonchev–Trinajstić information content (AvgIpc) is 3.47. The largest absolute Gasteiger partial charge is 0.384 e. The number of anilines is 1. The summed E-state index contributed by atoms with van der Waals surface area (Å²) < 4.78 is 5.75. The van der Waals surface area contributed by atoms with Crippen LogP contribution in [0.15, 0.2) is 30.6 Å². The van der Waals surface area contributed by atoms with Crippen LogP contribution in [0.5, 0.6) is 0 Å². The first-order valence-corrected chi connectivity index (χ1v) is 8.16. The molecule has 2 aromatic heterocycles. The molecule has 0 spiro atoms. The Balaban J connectivity index is 1.47. The Bertz CT molecular complexity index is 745. The van der Waals surface area contributed by atoms with Gasteiger partial charge in [-0.1, -0.05) is 6.07 Å². The molecule has 0 aromatic carbocycles. The van der Waals surface area contributed by atoms with Crippen molar-refractivity contribution in [3.05, 3.63) is 47.7 Å². The van der Waals surface area contributed by atoms with Crippen molar-refractivity contribution >= 4 is 11.7 Å². The van der Waals surface area contributed by atoms with Crippen LogP contribution in [0.25, 0.3) is 0 Å². The number of carbonyl (C=O) groups excluding carboxylic acids is 1. The third kappa shape index (κ3) is 3.07. The van der Waals surface area contributed by atoms with E-state index < -0.39 is 0 Å². The molecule has 1 saturated heterocycles. The van der Waals surface area contributed by atoms with Crippen LogP contribution < -0.4 is 5.73 Å². The summed E-state index contributed by atoms with van der Waals surface area (Å²) in [5.41, 5.74) is 6.99. The van der Waals surface area contributed by atoms with Crippen molar-refractivity contribution < 1.29 is 9.53 Å². The van der Waals surface area contributed by atoms with E-state index in [0.29, 0.717) is 37.0 Å². The molecule has 0 unspecified atom stereocenters. The number of hydrogen-bond donors (Lipinski definition) is 1. The summed E-state index contributed by atoms with van der Waals surface area (Å²) in [5.74, 6) is 1.70. The first kappa shape index (κ1) is 15.0. The van der Waals surface area contributed by atoms with Crippen molar-refractivity contribution in [2.24, 2.45) is 0 Å². The SMILES string of the molecule is Nc1cccc([C@@H]2CN(C(=O)c3cnc(C4CC4)nc3)CCO2)n1. The number of nitrogen functional groups attached to an aromatic ring is 1. The molecule has 2 aromatic rings. The number of rotatable bonds is 3. The second-order valence-electron chi connectivity index (χ2n) is 6.20. The van der Waals surface area contributed by atoms with Crippen LogP contribution in [0, 0.1) is 0 Å². The molecule has 3 heterocycles. The zero-order valence-corrected chi connectivity index (χ0v) is 13.3.